The number of likely N-dealkylation sites (tertiary alicyclic amines) is 1. The van der Waals surface area contributed by atoms with E-state index in [1.165, 1.54) is 12.0 Å². The molecule has 1 saturated carbocycles. The van der Waals surface area contributed by atoms with Crippen LogP contribution >= 0.6 is 0 Å². The second-order valence-electron chi connectivity index (χ2n) is 9.85. The number of fused-ring (bicyclic) bond motifs is 1. The highest BCUT2D eigenvalue weighted by atomic mass is 16.2. The van der Waals surface area contributed by atoms with Crippen molar-refractivity contribution in [3.05, 3.63) is 71.3 Å². The normalized spacial score (nSPS) is 25.0. The first kappa shape index (κ1) is 22.6. The summed E-state index contributed by atoms with van der Waals surface area (Å²) < 4.78 is 0. The molecule has 1 aliphatic carbocycles. The zero-order chi connectivity index (χ0) is 23.5. The van der Waals surface area contributed by atoms with E-state index in [0.29, 0.717) is 30.1 Å². The third kappa shape index (κ3) is 4.58. The Kier molecular flexibility index (Phi) is 6.64. The molecule has 2 aromatic carbocycles. The lowest BCUT2D eigenvalue weighted by Crippen LogP contribution is -2.55. The number of carbonyl (C=O) groups is 2. The van der Waals surface area contributed by atoms with Crippen LogP contribution in [0.15, 0.2) is 54.6 Å². The van der Waals surface area contributed by atoms with Crippen LogP contribution < -0.4 is 0 Å². The minimum Gasteiger partial charge on any atom is -0.338 e. The molecule has 2 heterocycles. The van der Waals surface area contributed by atoms with Gasteiger partial charge in [-0.25, -0.2) is 0 Å². The van der Waals surface area contributed by atoms with Crippen LogP contribution in [0.4, 0.5) is 0 Å². The van der Waals surface area contributed by atoms with Crippen molar-refractivity contribution in [2.24, 2.45) is 5.92 Å². The predicted molar refractivity (Wildman–Crippen MR) is 130 cm³/mol. The molecule has 3 fully saturated rings. The summed E-state index contributed by atoms with van der Waals surface area (Å²) in [5.74, 6) is 0.567. The van der Waals surface area contributed by atoms with Crippen molar-refractivity contribution in [2.75, 3.05) is 26.2 Å². The zero-order valence-electron chi connectivity index (χ0n) is 19.6. The lowest BCUT2D eigenvalue weighted by molar-refractivity contribution is -0.137. The Labute approximate surface area is 201 Å². The Balaban J connectivity index is 1.25. The smallest absolute Gasteiger partial charge is 0.254 e. The van der Waals surface area contributed by atoms with Gasteiger partial charge in [-0.2, -0.15) is 5.26 Å². The minimum absolute atomic E-state index is 0.00722. The summed E-state index contributed by atoms with van der Waals surface area (Å²) in [6.45, 7) is 3.83. The number of carbonyl (C=O) groups excluding carboxylic acids is 2. The molecule has 34 heavy (non-hydrogen) atoms. The number of hydrogen-bond donors (Lipinski definition) is 0. The van der Waals surface area contributed by atoms with Crippen LogP contribution in [0.5, 0.6) is 0 Å². The number of benzene rings is 2. The highest BCUT2D eigenvalue weighted by Crippen LogP contribution is 2.41. The van der Waals surface area contributed by atoms with Gasteiger partial charge in [0.15, 0.2) is 0 Å². The average molecular weight is 457 g/mol. The standard InChI is InChI=1S/C28H32N4O2/c29-19-21-10-12-22(13-11-21)20-30-14-16-31(17-15-30)28(34)26-18-24-8-4-5-9-25(24)32(26)27(33)23-6-2-1-3-7-23/h1-3,6-7,10-13,24-26H,4-5,8-9,14-18,20H2. The first-order valence-corrected chi connectivity index (χ1v) is 12.5. The fraction of sp³-hybridized carbons (Fsp3) is 0.464. The number of nitrogens with zero attached hydrogens (tertiary/aromatic N) is 4. The molecule has 5 rings (SSSR count). The molecular formula is C28H32N4O2. The van der Waals surface area contributed by atoms with Gasteiger partial charge in [0.05, 0.1) is 11.6 Å². The minimum atomic E-state index is -0.342. The SMILES string of the molecule is N#Cc1ccc(CN2CCN(C(=O)C3CC4CCCCC4N3C(=O)c3ccccc3)CC2)cc1. The van der Waals surface area contributed by atoms with E-state index in [4.69, 9.17) is 5.26 Å². The topological polar surface area (TPSA) is 67.7 Å². The Hall–Kier alpha value is -3.17. The summed E-state index contributed by atoms with van der Waals surface area (Å²) >= 11 is 0. The van der Waals surface area contributed by atoms with Gasteiger partial charge >= 0.3 is 0 Å². The van der Waals surface area contributed by atoms with Crippen LogP contribution in [-0.4, -0.2) is 64.8 Å². The van der Waals surface area contributed by atoms with E-state index < -0.39 is 0 Å². The second-order valence-corrected chi connectivity index (χ2v) is 9.85. The van der Waals surface area contributed by atoms with Crippen LogP contribution in [0, 0.1) is 17.2 Å². The summed E-state index contributed by atoms with van der Waals surface area (Å²) in [7, 11) is 0. The molecule has 0 spiro atoms. The number of piperazine rings is 1. The molecular weight excluding hydrogens is 424 g/mol. The summed E-state index contributed by atoms with van der Waals surface area (Å²) in [6, 6.07) is 19.2. The fourth-order valence-corrected chi connectivity index (χ4v) is 5.98. The lowest BCUT2D eigenvalue weighted by atomic mass is 9.84. The first-order valence-electron chi connectivity index (χ1n) is 12.5. The van der Waals surface area contributed by atoms with Crippen molar-refractivity contribution < 1.29 is 9.59 Å². The van der Waals surface area contributed by atoms with Crippen LogP contribution in [0.25, 0.3) is 0 Å². The highest BCUT2D eigenvalue weighted by Gasteiger charge is 2.48. The van der Waals surface area contributed by atoms with E-state index in [-0.39, 0.29) is 23.9 Å². The zero-order valence-corrected chi connectivity index (χ0v) is 19.6. The van der Waals surface area contributed by atoms with E-state index in [1.807, 2.05) is 64.4 Å². The van der Waals surface area contributed by atoms with Crippen LogP contribution in [-0.2, 0) is 11.3 Å². The molecule has 6 nitrogen and oxygen atoms in total. The molecule has 2 amide bonds. The maximum Gasteiger partial charge on any atom is 0.254 e. The van der Waals surface area contributed by atoms with Gasteiger partial charge in [0.1, 0.15) is 6.04 Å². The van der Waals surface area contributed by atoms with Gasteiger partial charge < -0.3 is 9.80 Å². The third-order valence-electron chi connectivity index (χ3n) is 7.80. The molecule has 2 saturated heterocycles. The lowest BCUT2D eigenvalue weighted by Gasteiger charge is -2.38. The Morgan fingerprint density at radius 2 is 1.62 bits per heavy atom. The van der Waals surface area contributed by atoms with Crippen LogP contribution in [0.3, 0.4) is 0 Å². The van der Waals surface area contributed by atoms with Crippen molar-refractivity contribution >= 4 is 11.8 Å². The Bertz CT molecular complexity index is 1050. The summed E-state index contributed by atoms with van der Waals surface area (Å²) in [4.78, 5) is 33.5. The van der Waals surface area contributed by atoms with Crippen molar-refractivity contribution in [1.29, 1.82) is 5.26 Å². The second kappa shape index (κ2) is 9.99. The van der Waals surface area contributed by atoms with E-state index >= 15 is 0 Å². The van der Waals surface area contributed by atoms with Gasteiger partial charge in [0.25, 0.3) is 5.91 Å². The van der Waals surface area contributed by atoms with E-state index in [1.54, 1.807) is 0 Å². The molecule has 3 unspecified atom stereocenters. The molecule has 176 valence electrons. The van der Waals surface area contributed by atoms with E-state index in [9.17, 15) is 9.59 Å². The molecule has 0 aromatic heterocycles. The summed E-state index contributed by atoms with van der Waals surface area (Å²) in [5.41, 5.74) is 2.53. The van der Waals surface area contributed by atoms with Crippen molar-refractivity contribution in [2.45, 2.75) is 50.7 Å². The number of nitriles is 1. The maximum atomic E-state index is 13.7. The van der Waals surface area contributed by atoms with E-state index in [0.717, 1.165) is 45.3 Å². The predicted octanol–water partition coefficient (Wildman–Crippen LogP) is 3.68. The highest BCUT2D eigenvalue weighted by molar-refractivity contribution is 5.98. The Morgan fingerprint density at radius 3 is 2.32 bits per heavy atom. The molecule has 0 radical (unpaired) electrons. The van der Waals surface area contributed by atoms with E-state index in [2.05, 4.69) is 11.0 Å². The number of rotatable bonds is 4. The summed E-state index contributed by atoms with van der Waals surface area (Å²) in [5, 5.41) is 8.98. The maximum absolute atomic E-state index is 13.7. The van der Waals surface area contributed by atoms with Gasteiger partial charge in [0.2, 0.25) is 5.91 Å². The quantitative estimate of drug-likeness (QED) is 0.704. The van der Waals surface area contributed by atoms with Gasteiger partial charge in [-0.15, -0.1) is 0 Å². The van der Waals surface area contributed by atoms with Gasteiger partial charge in [-0.05, 0) is 55.0 Å². The van der Waals surface area contributed by atoms with Gasteiger partial charge in [-0.3, -0.25) is 14.5 Å². The van der Waals surface area contributed by atoms with Crippen molar-refractivity contribution in [3.63, 3.8) is 0 Å². The monoisotopic (exact) mass is 456 g/mol. The average Bonchev–Trinajstić information content (AvgIpc) is 3.29. The number of amides is 2. The largest absolute Gasteiger partial charge is 0.338 e. The summed E-state index contributed by atoms with van der Waals surface area (Å²) in [6.07, 6.45) is 5.25. The third-order valence-corrected chi connectivity index (χ3v) is 7.80. The van der Waals surface area contributed by atoms with Crippen molar-refractivity contribution in [1.82, 2.24) is 14.7 Å². The van der Waals surface area contributed by atoms with Gasteiger partial charge in [-0.1, -0.05) is 43.2 Å². The van der Waals surface area contributed by atoms with Crippen LogP contribution in [0.1, 0.15) is 53.6 Å². The molecule has 3 atom stereocenters. The Morgan fingerprint density at radius 1 is 0.912 bits per heavy atom. The number of hydrogen-bond acceptors (Lipinski definition) is 4. The van der Waals surface area contributed by atoms with Crippen LogP contribution in [0.2, 0.25) is 0 Å². The van der Waals surface area contributed by atoms with Crippen molar-refractivity contribution in [3.8, 4) is 6.07 Å². The molecule has 2 aromatic rings. The molecule has 3 aliphatic rings. The molecule has 6 heteroatoms. The molecule has 2 aliphatic heterocycles. The first-order chi connectivity index (χ1) is 16.6. The molecule has 0 bridgehead atoms. The van der Waals surface area contributed by atoms with Gasteiger partial charge in [0, 0.05) is 44.3 Å². The fourth-order valence-electron chi connectivity index (χ4n) is 5.98. The molecule has 0 N–H and O–H groups in total.